The Bertz CT molecular complexity index is 512. The Labute approximate surface area is 138 Å². The van der Waals surface area contributed by atoms with Crippen LogP contribution in [0.2, 0.25) is 0 Å². The summed E-state index contributed by atoms with van der Waals surface area (Å²) in [5.74, 6) is -0.540. The molecule has 1 aromatic rings. The number of anilines is 1. The number of nitrogens with one attached hydrogen (secondary N) is 2. The number of hydrogen-bond donors (Lipinski definition) is 3. The van der Waals surface area contributed by atoms with Gasteiger partial charge in [0, 0.05) is 18.2 Å². The lowest BCUT2D eigenvalue weighted by Crippen LogP contribution is -2.43. The van der Waals surface area contributed by atoms with Gasteiger partial charge in [-0.05, 0) is 37.0 Å². The Morgan fingerprint density at radius 3 is 2.22 bits per heavy atom. The monoisotopic (exact) mass is 320 g/mol. The number of aliphatic carboxylic acids is 1. The van der Waals surface area contributed by atoms with Crippen LogP contribution in [-0.2, 0) is 9.59 Å². The van der Waals surface area contributed by atoms with Crippen LogP contribution in [0, 0.1) is 0 Å². The third kappa shape index (κ3) is 6.82. The average molecular weight is 320 g/mol. The number of amides is 1. The summed E-state index contributed by atoms with van der Waals surface area (Å²) in [6.45, 7) is 8.01. The second-order valence-electron chi connectivity index (χ2n) is 6.28. The molecule has 2 atom stereocenters. The van der Waals surface area contributed by atoms with Crippen LogP contribution in [0.25, 0.3) is 0 Å². The molecule has 0 aliphatic carbocycles. The molecule has 0 fully saturated rings. The SMILES string of the molecule is CCCC(NC(C)CC(=O)Nc1ccc(C(C)C)cc1)C(=O)O. The number of carbonyl (C=O) groups is 2. The minimum absolute atomic E-state index is 0.122. The summed E-state index contributed by atoms with van der Waals surface area (Å²) >= 11 is 0. The maximum Gasteiger partial charge on any atom is 0.320 e. The fourth-order valence-corrected chi connectivity index (χ4v) is 2.41. The first-order chi connectivity index (χ1) is 10.8. The van der Waals surface area contributed by atoms with Crippen LogP contribution in [0.3, 0.4) is 0 Å². The molecule has 5 nitrogen and oxygen atoms in total. The molecule has 5 heteroatoms. The van der Waals surface area contributed by atoms with Gasteiger partial charge in [0.1, 0.15) is 6.04 Å². The van der Waals surface area contributed by atoms with E-state index >= 15 is 0 Å². The first-order valence-corrected chi connectivity index (χ1v) is 8.22. The second kappa shape index (κ2) is 9.30. The Morgan fingerprint density at radius 2 is 1.74 bits per heavy atom. The lowest BCUT2D eigenvalue weighted by atomic mass is 10.0. The average Bonchev–Trinajstić information content (AvgIpc) is 2.46. The van der Waals surface area contributed by atoms with E-state index in [-0.39, 0.29) is 18.4 Å². The summed E-state index contributed by atoms with van der Waals surface area (Å²) < 4.78 is 0. The van der Waals surface area contributed by atoms with Crippen molar-refractivity contribution in [3.05, 3.63) is 29.8 Å². The summed E-state index contributed by atoms with van der Waals surface area (Å²) in [5, 5.41) is 15.0. The van der Waals surface area contributed by atoms with Crippen molar-refractivity contribution >= 4 is 17.6 Å². The van der Waals surface area contributed by atoms with Gasteiger partial charge in [0.15, 0.2) is 0 Å². The third-order valence-electron chi connectivity index (χ3n) is 3.71. The van der Waals surface area contributed by atoms with Crippen LogP contribution in [0.15, 0.2) is 24.3 Å². The van der Waals surface area contributed by atoms with Crippen molar-refractivity contribution in [2.24, 2.45) is 0 Å². The zero-order chi connectivity index (χ0) is 17.4. The van der Waals surface area contributed by atoms with Crippen molar-refractivity contribution in [2.45, 2.75) is 65.0 Å². The minimum Gasteiger partial charge on any atom is -0.480 e. The fraction of sp³-hybridized carbons (Fsp3) is 0.556. The number of hydrogen-bond acceptors (Lipinski definition) is 3. The molecule has 0 aliphatic rings. The molecule has 23 heavy (non-hydrogen) atoms. The summed E-state index contributed by atoms with van der Waals surface area (Å²) in [6.07, 6.45) is 1.57. The largest absolute Gasteiger partial charge is 0.480 e. The molecule has 0 aromatic heterocycles. The predicted molar refractivity (Wildman–Crippen MR) is 92.7 cm³/mol. The zero-order valence-corrected chi connectivity index (χ0v) is 14.4. The fourth-order valence-electron chi connectivity index (χ4n) is 2.41. The molecule has 0 saturated heterocycles. The highest BCUT2D eigenvalue weighted by Crippen LogP contribution is 2.17. The van der Waals surface area contributed by atoms with E-state index in [4.69, 9.17) is 5.11 Å². The van der Waals surface area contributed by atoms with Gasteiger partial charge < -0.3 is 15.7 Å². The Morgan fingerprint density at radius 1 is 1.13 bits per heavy atom. The lowest BCUT2D eigenvalue weighted by Gasteiger charge is -2.19. The smallest absolute Gasteiger partial charge is 0.320 e. The molecule has 2 unspecified atom stereocenters. The van der Waals surface area contributed by atoms with Crippen LogP contribution >= 0.6 is 0 Å². The predicted octanol–water partition coefficient (Wildman–Crippen LogP) is 3.37. The number of benzene rings is 1. The summed E-state index contributed by atoms with van der Waals surface area (Å²) in [7, 11) is 0. The molecule has 0 heterocycles. The highest BCUT2D eigenvalue weighted by molar-refractivity contribution is 5.91. The van der Waals surface area contributed by atoms with E-state index in [1.165, 1.54) is 5.56 Å². The van der Waals surface area contributed by atoms with Gasteiger partial charge >= 0.3 is 5.97 Å². The van der Waals surface area contributed by atoms with E-state index in [2.05, 4.69) is 24.5 Å². The van der Waals surface area contributed by atoms with E-state index in [1.807, 2.05) is 38.1 Å². The molecule has 0 bridgehead atoms. The van der Waals surface area contributed by atoms with Gasteiger partial charge in [0.2, 0.25) is 5.91 Å². The van der Waals surface area contributed by atoms with Crippen LogP contribution in [0.5, 0.6) is 0 Å². The molecular weight excluding hydrogens is 292 g/mol. The number of carboxylic acid groups (broad SMARTS) is 1. The topological polar surface area (TPSA) is 78.4 Å². The maximum absolute atomic E-state index is 12.1. The van der Waals surface area contributed by atoms with Crippen LogP contribution in [0.4, 0.5) is 5.69 Å². The van der Waals surface area contributed by atoms with Crippen LogP contribution in [-0.4, -0.2) is 29.1 Å². The number of carboxylic acids is 1. The number of carbonyl (C=O) groups excluding carboxylic acids is 1. The van der Waals surface area contributed by atoms with Gasteiger partial charge in [-0.3, -0.25) is 9.59 Å². The van der Waals surface area contributed by atoms with Gasteiger partial charge in [0.25, 0.3) is 0 Å². The van der Waals surface area contributed by atoms with Crippen molar-refractivity contribution in [1.82, 2.24) is 5.32 Å². The van der Waals surface area contributed by atoms with Gasteiger partial charge in [-0.2, -0.15) is 0 Å². The molecule has 1 amide bonds. The van der Waals surface area contributed by atoms with Crippen molar-refractivity contribution in [2.75, 3.05) is 5.32 Å². The first-order valence-electron chi connectivity index (χ1n) is 8.22. The molecule has 3 N–H and O–H groups in total. The van der Waals surface area contributed by atoms with Gasteiger partial charge in [-0.1, -0.05) is 39.3 Å². The first kappa shape index (κ1) is 19.2. The summed E-state index contributed by atoms with van der Waals surface area (Å²) in [4.78, 5) is 23.2. The van der Waals surface area contributed by atoms with Crippen molar-refractivity contribution in [3.63, 3.8) is 0 Å². The molecule has 0 spiro atoms. The van der Waals surface area contributed by atoms with E-state index in [1.54, 1.807) is 0 Å². The zero-order valence-electron chi connectivity index (χ0n) is 14.4. The van der Waals surface area contributed by atoms with Crippen LogP contribution in [0.1, 0.15) is 58.4 Å². The quantitative estimate of drug-likeness (QED) is 0.652. The lowest BCUT2D eigenvalue weighted by molar-refractivity contribution is -0.140. The Hall–Kier alpha value is -1.88. The Balaban J connectivity index is 2.50. The van der Waals surface area contributed by atoms with Gasteiger partial charge in [-0.25, -0.2) is 0 Å². The molecular formula is C18H28N2O3. The van der Waals surface area contributed by atoms with E-state index in [9.17, 15) is 9.59 Å². The van der Waals surface area contributed by atoms with Crippen molar-refractivity contribution in [3.8, 4) is 0 Å². The standard InChI is InChI=1S/C18H28N2O3/c1-5-6-16(18(22)23)19-13(4)11-17(21)20-15-9-7-14(8-10-15)12(2)3/h7-10,12-13,16,19H,5-6,11H2,1-4H3,(H,20,21)(H,22,23). The van der Waals surface area contributed by atoms with E-state index < -0.39 is 12.0 Å². The van der Waals surface area contributed by atoms with Crippen LogP contribution < -0.4 is 10.6 Å². The third-order valence-corrected chi connectivity index (χ3v) is 3.71. The molecule has 0 saturated carbocycles. The van der Waals surface area contributed by atoms with Crippen molar-refractivity contribution < 1.29 is 14.7 Å². The summed E-state index contributed by atoms with van der Waals surface area (Å²) in [6, 6.07) is 6.99. The maximum atomic E-state index is 12.1. The van der Waals surface area contributed by atoms with E-state index in [0.29, 0.717) is 12.3 Å². The van der Waals surface area contributed by atoms with E-state index in [0.717, 1.165) is 12.1 Å². The van der Waals surface area contributed by atoms with Crippen molar-refractivity contribution in [1.29, 1.82) is 0 Å². The molecule has 128 valence electrons. The molecule has 1 aromatic carbocycles. The minimum atomic E-state index is -0.872. The summed E-state index contributed by atoms with van der Waals surface area (Å²) in [5.41, 5.74) is 1.98. The van der Waals surface area contributed by atoms with Gasteiger partial charge in [0.05, 0.1) is 0 Å². The molecule has 0 aliphatic heterocycles. The number of rotatable bonds is 9. The normalized spacial score (nSPS) is 13.6. The second-order valence-corrected chi connectivity index (χ2v) is 6.28. The molecule has 0 radical (unpaired) electrons. The van der Waals surface area contributed by atoms with Gasteiger partial charge in [-0.15, -0.1) is 0 Å². The highest BCUT2D eigenvalue weighted by atomic mass is 16.4. The highest BCUT2D eigenvalue weighted by Gasteiger charge is 2.19. The molecule has 1 rings (SSSR count). The Kier molecular flexibility index (Phi) is 7.75.